The summed E-state index contributed by atoms with van der Waals surface area (Å²) in [4.78, 5) is 23.3. The third-order valence-corrected chi connectivity index (χ3v) is 9.42. The average molecular weight is 645 g/mol. The monoisotopic (exact) mass is 644 g/mol. The number of benzene rings is 2. The molecule has 1 aliphatic carbocycles. The summed E-state index contributed by atoms with van der Waals surface area (Å²) in [5.74, 6) is 3.82. The van der Waals surface area contributed by atoms with Crippen molar-refractivity contribution in [2.45, 2.75) is 46.6 Å². The number of aromatic nitrogens is 2. The van der Waals surface area contributed by atoms with Crippen LogP contribution in [-0.4, -0.2) is 23.9 Å². The van der Waals surface area contributed by atoms with E-state index in [0.717, 1.165) is 55.7 Å². The largest absolute Gasteiger partial charge is 0.493 e. The summed E-state index contributed by atoms with van der Waals surface area (Å²) in [7, 11) is 1.61. The second kappa shape index (κ2) is 9.75. The summed E-state index contributed by atoms with van der Waals surface area (Å²) in [5.41, 5.74) is 3.10. The first-order valence-electron chi connectivity index (χ1n) is 12.6. The van der Waals surface area contributed by atoms with Crippen LogP contribution in [0.4, 0.5) is 0 Å². The van der Waals surface area contributed by atoms with E-state index < -0.39 is 0 Å². The Bertz CT molecular complexity index is 1600. The van der Waals surface area contributed by atoms with Gasteiger partial charge in [0.1, 0.15) is 17.3 Å². The topological polar surface area (TPSA) is 82.7 Å². The number of H-pyrrole nitrogens is 1. The molecule has 0 fully saturated rings. The Labute approximate surface area is 238 Å². The van der Waals surface area contributed by atoms with Gasteiger partial charge in [0.15, 0.2) is 23.0 Å². The highest BCUT2D eigenvalue weighted by Crippen LogP contribution is 2.43. The Morgan fingerprint density at radius 2 is 2.00 bits per heavy atom. The number of aromatic amines is 1. The quantitative estimate of drug-likeness (QED) is 0.243. The van der Waals surface area contributed by atoms with Gasteiger partial charge in [-0.2, -0.15) is 0 Å². The number of nitrogens with zero attached hydrogens (tertiary/aromatic N) is 1. The van der Waals surface area contributed by atoms with Gasteiger partial charge in [0, 0.05) is 10.4 Å². The minimum Gasteiger partial charge on any atom is -0.493 e. The number of hydrogen-bond donors (Lipinski definition) is 1. The number of ether oxygens (including phenoxy) is 4. The molecule has 2 aliphatic rings. The molecule has 1 unspecified atom stereocenters. The summed E-state index contributed by atoms with van der Waals surface area (Å²) < 4.78 is 23.6. The van der Waals surface area contributed by atoms with E-state index >= 15 is 0 Å². The number of thiophene rings is 1. The Kier molecular flexibility index (Phi) is 6.54. The smallest absolute Gasteiger partial charge is 0.260 e. The van der Waals surface area contributed by atoms with Gasteiger partial charge in [0.05, 0.1) is 16.1 Å². The molecule has 0 spiro atoms. The first-order valence-corrected chi connectivity index (χ1v) is 14.5. The van der Waals surface area contributed by atoms with Crippen molar-refractivity contribution in [1.29, 1.82) is 0 Å². The van der Waals surface area contributed by atoms with Crippen molar-refractivity contribution in [2.24, 2.45) is 11.3 Å². The molecule has 1 atom stereocenters. The SMILES string of the molecule is COc1cc(-c2nc3sc4c(c3c(=O)[nH]2)CCC(C(C)(C)C)C4)cc(I)c1OCc1ccc2c(c1)OCO2. The molecule has 198 valence electrons. The van der Waals surface area contributed by atoms with E-state index in [2.05, 4.69) is 48.3 Å². The maximum atomic E-state index is 13.3. The minimum atomic E-state index is -0.0752. The van der Waals surface area contributed by atoms with E-state index in [1.54, 1.807) is 18.4 Å². The number of halogens is 1. The molecule has 1 aliphatic heterocycles. The van der Waals surface area contributed by atoms with Gasteiger partial charge in [-0.3, -0.25) is 4.79 Å². The highest BCUT2D eigenvalue weighted by molar-refractivity contribution is 14.1. The number of fused-ring (bicyclic) bond motifs is 4. The summed E-state index contributed by atoms with van der Waals surface area (Å²) in [6.07, 6.45) is 3.05. The van der Waals surface area contributed by atoms with Gasteiger partial charge in [-0.1, -0.05) is 26.8 Å². The van der Waals surface area contributed by atoms with Crippen LogP contribution >= 0.6 is 33.9 Å². The minimum absolute atomic E-state index is 0.0752. The lowest BCUT2D eigenvalue weighted by Crippen LogP contribution is -2.26. The number of nitrogens with one attached hydrogen (secondary N) is 1. The predicted octanol–water partition coefficient (Wildman–Crippen LogP) is 6.72. The molecule has 0 saturated heterocycles. The van der Waals surface area contributed by atoms with Crippen LogP contribution in [0, 0.1) is 14.9 Å². The van der Waals surface area contributed by atoms with Crippen LogP contribution in [-0.2, 0) is 19.4 Å². The zero-order chi connectivity index (χ0) is 26.6. The van der Waals surface area contributed by atoms with Crippen LogP contribution in [0.15, 0.2) is 35.1 Å². The fraction of sp³-hybridized carbons (Fsp3) is 0.379. The van der Waals surface area contributed by atoms with E-state index in [-0.39, 0.29) is 17.8 Å². The zero-order valence-corrected chi connectivity index (χ0v) is 24.7. The van der Waals surface area contributed by atoms with E-state index in [0.29, 0.717) is 29.8 Å². The van der Waals surface area contributed by atoms with E-state index in [9.17, 15) is 4.79 Å². The van der Waals surface area contributed by atoms with E-state index in [1.165, 1.54) is 10.4 Å². The Morgan fingerprint density at radius 3 is 2.79 bits per heavy atom. The van der Waals surface area contributed by atoms with Crippen molar-refractivity contribution in [1.82, 2.24) is 9.97 Å². The highest BCUT2D eigenvalue weighted by Gasteiger charge is 2.32. The fourth-order valence-corrected chi connectivity index (χ4v) is 7.30. The summed E-state index contributed by atoms with van der Waals surface area (Å²) in [6.45, 7) is 7.49. The number of methoxy groups -OCH3 is 1. The van der Waals surface area contributed by atoms with Crippen LogP contribution in [0.5, 0.6) is 23.0 Å². The third-order valence-electron chi connectivity index (χ3n) is 7.47. The van der Waals surface area contributed by atoms with Gasteiger partial charge in [-0.25, -0.2) is 4.98 Å². The van der Waals surface area contributed by atoms with E-state index in [4.69, 9.17) is 23.9 Å². The van der Waals surface area contributed by atoms with Crippen molar-refractivity contribution in [2.75, 3.05) is 13.9 Å². The second-order valence-corrected chi connectivity index (χ2v) is 13.1. The molecule has 38 heavy (non-hydrogen) atoms. The molecule has 0 radical (unpaired) electrons. The maximum Gasteiger partial charge on any atom is 0.260 e. The van der Waals surface area contributed by atoms with Gasteiger partial charge in [-0.05, 0) is 88.6 Å². The molecule has 0 amide bonds. The molecule has 9 heteroatoms. The molecule has 0 saturated carbocycles. The number of aryl methyl sites for hydroxylation is 1. The van der Waals surface area contributed by atoms with Crippen molar-refractivity contribution < 1.29 is 18.9 Å². The first kappa shape index (κ1) is 25.5. The lowest BCUT2D eigenvalue weighted by atomic mass is 9.72. The van der Waals surface area contributed by atoms with Crippen molar-refractivity contribution in [3.05, 3.63) is 60.3 Å². The van der Waals surface area contributed by atoms with Crippen molar-refractivity contribution in [3.63, 3.8) is 0 Å². The Hall–Kier alpha value is -2.79. The van der Waals surface area contributed by atoms with Gasteiger partial charge in [0.25, 0.3) is 5.56 Å². The van der Waals surface area contributed by atoms with Crippen LogP contribution in [0.2, 0.25) is 0 Å². The normalized spacial score (nSPS) is 16.5. The number of hydrogen-bond acceptors (Lipinski definition) is 7. The second-order valence-electron chi connectivity index (χ2n) is 10.9. The Balaban J connectivity index is 1.30. The third kappa shape index (κ3) is 4.64. The molecule has 3 heterocycles. The zero-order valence-electron chi connectivity index (χ0n) is 21.8. The molecule has 6 rings (SSSR count). The molecule has 2 aromatic heterocycles. The van der Waals surface area contributed by atoms with Gasteiger partial charge >= 0.3 is 0 Å². The molecular weight excluding hydrogens is 615 g/mol. The summed E-state index contributed by atoms with van der Waals surface area (Å²) in [6, 6.07) is 9.59. The van der Waals surface area contributed by atoms with Gasteiger partial charge < -0.3 is 23.9 Å². The molecule has 0 bridgehead atoms. The fourth-order valence-electron chi connectivity index (χ4n) is 5.24. The molecule has 1 N–H and O–H groups in total. The average Bonchev–Trinajstić information content (AvgIpc) is 3.50. The highest BCUT2D eigenvalue weighted by atomic mass is 127. The number of rotatable bonds is 5. The summed E-state index contributed by atoms with van der Waals surface area (Å²) >= 11 is 3.90. The molecule has 7 nitrogen and oxygen atoms in total. The van der Waals surface area contributed by atoms with Gasteiger partial charge in [-0.15, -0.1) is 11.3 Å². The van der Waals surface area contributed by atoms with E-state index in [1.807, 2.05) is 30.3 Å². The van der Waals surface area contributed by atoms with Crippen LogP contribution in [0.3, 0.4) is 0 Å². The summed E-state index contributed by atoms with van der Waals surface area (Å²) in [5, 5.41) is 0.756. The van der Waals surface area contributed by atoms with Crippen LogP contribution < -0.4 is 24.5 Å². The molecular formula is C29H29IN2O5S. The van der Waals surface area contributed by atoms with Crippen molar-refractivity contribution in [3.8, 4) is 34.4 Å². The Morgan fingerprint density at radius 1 is 1.18 bits per heavy atom. The van der Waals surface area contributed by atoms with Gasteiger partial charge in [0.2, 0.25) is 6.79 Å². The lowest BCUT2D eigenvalue weighted by Gasteiger charge is -2.33. The molecule has 4 aromatic rings. The van der Waals surface area contributed by atoms with Crippen LogP contribution in [0.1, 0.15) is 43.2 Å². The predicted molar refractivity (Wildman–Crippen MR) is 157 cm³/mol. The standard InChI is InChI=1S/C29H29IN2O5S/c1-29(2,3)17-6-7-18-23(12-17)38-28-24(18)27(33)31-26(32-28)16-10-19(30)25(22(11-16)34-4)35-13-15-5-8-20-21(9-15)37-14-36-20/h5,8-11,17H,6-7,12-14H2,1-4H3,(H,31,32,33). The maximum absolute atomic E-state index is 13.3. The first-order chi connectivity index (χ1) is 18.2. The van der Waals surface area contributed by atoms with Crippen LogP contribution in [0.25, 0.3) is 21.6 Å². The van der Waals surface area contributed by atoms with Crippen molar-refractivity contribution >= 4 is 44.1 Å². The molecule has 2 aromatic carbocycles. The lowest BCUT2D eigenvalue weighted by molar-refractivity contribution is 0.174.